The quantitative estimate of drug-likeness (QED) is 0.639. The number of benzene rings is 1. The highest BCUT2D eigenvalue weighted by molar-refractivity contribution is 7.20. The second kappa shape index (κ2) is 7.81. The summed E-state index contributed by atoms with van der Waals surface area (Å²) in [5.74, 6) is -1.72. The first-order valence-corrected chi connectivity index (χ1v) is 9.45. The van der Waals surface area contributed by atoms with Gasteiger partial charge in [-0.1, -0.05) is 32.0 Å². The molecule has 3 amide bonds. The van der Waals surface area contributed by atoms with Crippen LogP contribution < -0.4 is 11.1 Å². The summed E-state index contributed by atoms with van der Waals surface area (Å²) in [4.78, 5) is 36.8. The molecule has 28 heavy (non-hydrogen) atoms. The number of urea groups is 1. The van der Waals surface area contributed by atoms with Crippen LogP contribution in [0.3, 0.4) is 0 Å². The van der Waals surface area contributed by atoms with Gasteiger partial charge >= 0.3 is 12.0 Å². The Morgan fingerprint density at radius 3 is 2.50 bits per heavy atom. The van der Waals surface area contributed by atoms with Crippen LogP contribution in [-0.4, -0.2) is 33.8 Å². The zero-order valence-electron chi connectivity index (χ0n) is 15.6. The Bertz CT molecular complexity index is 1040. The Hall–Kier alpha value is -3.20. The van der Waals surface area contributed by atoms with Gasteiger partial charge in [0.15, 0.2) is 6.10 Å². The van der Waals surface area contributed by atoms with E-state index in [4.69, 9.17) is 10.5 Å². The lowest BCUT2D eigenvalue weighted by atomic mass is 10.1. The van der Waals surface area contributed by atoms with Gasteiger partial charge in [-0.05, 0) is 31.0 Å². The summed E-state index contributed by atoms with van der Waals surface area (Å²) in [7, 11) is 0. The second-order valence-electron chi connectivity index (χ2n) is 6.59. The molecular weight excluding hydrogens is 380 g/mol. The number of thiophene rings is 1. The molecule has 146 valence electrons. The number of hydrogen-bond donors (Lipinski definition) is 2. The van der Waals surface area contributed by atoms with Crippen molar-refractivity contribution in [2.75, 3.05) is 0 Å². The van der Waals surface area contributed by atoms with Crippen molar-refractivity contribution < 1.29 is 19.1 Å². The zero-order valence-corrected chi connectivity index (χ0v) is 16.4. The number of amides is 3. The first-order valence-electron chi connectivity index (χ1n) is 8.63. The molecule has 0 unspecified atom stereocenters. The van der Waals surface area contributed by atoms with Crippen molar-refractivity contribution >= 4 is 39.5 Å². The van der Waals surface area contributed by atoms with Crippen LogP contribution in [0.2, 0.25) is 0 Å². The van der Waals surface area contributed by atoms with Crippen molar-refractivity contribution in [3.63, 3.8) is 0 Å². The molecule has 2 aromatic heterocycles. The van der Waals surface area contributed by atoms with Gasteiger partial charge < -0.3 is 10.5 Å². The highest BCUT2D eigenvalue weighted by Crippen LogP contribution is 2.31. The summed E-state index contributed by atoms with van der Waals surface area (Å²) >= 11 is 1.23. The normalized spacial score (nSPS) is 12.1. The molecular formula is C19H20N4O4S. The molecule has 3 aromatic rings. The van der Waals surface area contributed by atoms with Crippen LogP contribution in [0.1, 0.15) is 29.2 Å². The molecule has 9 heteroatoms. The van der Waals surface area contributed by atoms with E-state index in [9.17, 15) is 14.4 Å². The predicted octanol–water partition coefficient (Wildman–Crippen LogP) is 2.77. The highest BCUT2D eigenvalue weighted by atomic mass is 32.1. The number of fused-ring (bicyclic) bond motifs is 1. The third-order valence-corrected chi connectivity index (χ3v) is 5.18. The molecule has 0 bridgehead atoms. The molecule has 1 atom stereocenters. The third-order valence-electron chi connectivity index (χ3n) is 4.09. The number of ether oxygens (including phenoxy) is 1. The molecule has 0 aliphatic heterocycles. The molecule has 3 N–H and O–H groups in total. The minimum Gasteiger partial charge on any atom is -0.448 e. The molecule has 0 aliphatic rings. The predicted molar refractivity (Wildman–Crippen MR) is 105 cm³/mol. The fourth-order valence-corrected chi connectivity index (χ4v) is 3.82. The lowest BCUT2D eigenvalue weighted by Crippen LogP contribution is -2.45. The standard InChI is InChI=1S/C19H20N4O4S/c1-10(2)15(16(24)21-19(20)26)27-18(25)14-9-13-11(3)22-23(17(13)28-14)12-7-5-4-6-8-12/h4-10,15H,1-3H3,(H3,20,21,24,26)/t15-/m1/s1. The van der Waals surface area contributed by atoms with E-state index in [1.54, 1.807) is 24.6 Å². The lowest BCUT2D eigenvalue weighted by Gasteiger charge is -2.19. The van der Waals surface area contributed by atoms with Gasteiger partial charge in [-0.25, -0.2) is 14.3 Å². The van der Waals surface area contributed by atoms with Crippen molar-refractivity contribution in [2.45, 2.75) is 26.9 Å². The molecule has 0 saturated carbocycles. The average molecular weight is 400 g/mol. The Morgan fingerprint density at radius 1 is 1.21 bits per heavy atom. The number of nitrogens with zero attached hydrogens (tertiary/aromatic N) is 2. The van der Waals surface area contributed by atoms with Crippen LogP contribution in [0.25, 0.3) is 15.9 Å². The van der Waals surface area contributed by atoms with E-state index in [0.717, 1.165) is 21.6 Å². The summed E-state index contributed by atoms with van der Waals surface area (Å²) in [5, 5.41) is 7.32. The Kier molecular flexibility index (Phi) is 5.46. The molecule has 0 spiro atoms. The molecule has 0 fully saturated rings. The summed E-state index contributed by atoms with van der Waals surface area (Å²) < 4.78 is 7.14. The van der Waals surface area contributed by atoms with Gasteiger partial charge in [0.1, 0.15) is 9.71 Å². The van der Waals surface area contributed by atoms with E-state index < -0.39 is 24.0 Å². The van der Waals surface area contributed by atoms with Crippen LogP contribution in [0.15, 0.2) is 36.4 Å². The molecule has 2 heterocycles. The topological polar surface area (TPSA) is 116 Å². The first kappa shape index (κ1) is 19.6. The number of aromatic nitrogens is 2. The van der Waals surface area contributed by atoms with Gasteiger partial charge in [0.2, 0.25) is 0 Å². The number of hydrogen-bond acceptors (Lipinski definition) is 6. The lowest BCUT2D eigenvalue weighted by molar-refractivity contribution is -0.130. The third kappa shape index (κ3) is 3.89. The Morgan fingerprint density at radius 2 is 1.89 bits per heavy atom. The summed E-state index contributed by atoms with van der Waals surface area (Å²) in [5.41, 5.74) is 6.64. The van der Waals surface area contributed by atoms with Gasteiger partial charge in [-0.2, -0.15) is 5.10 Å². The van der Waals surface area contributed by atoms with Gasteiger partial charge in [-0.3, -0.25) is 10.1 Å². The van der Waals surface area contributed by atoms with Gasteiger partial charge in [0.05, 0.1) is 11.4 Å². The Balaban J connectivity index is 1.90. The fraction of sp³-hybridized carbons (Fsp3) is 0.263. The van der Waals surface area contributed by atoms with Gasteiger partial charge in [0, 0.05) is 5.39 Å². The minimum atomic E-state index is -1.13. The SMILES string of the molecule is Cc1nn(-c2ccccc2)c2sc(C(=O)O[C@@H](C(=O)NC(N)=O)C(C)C)cc12. The van der Waals surface area contributed by atoms with E-state index in [2.05, 4.69) is 5.10 Å². The Labute approximate surface area is 165 Å². The fourth-order valence-electron chi connectivity index (χ4n) is 2.75. The van der Waals surface area contributed by atoms with E-state index >= 15 is 0 Å². The number of nitrogens with one attached hydrogen (secondary N) is 1. The number of imide groups is 1. The number of para-hydroxylation sites is 1. The van der Waals surface area contributed by atoms with E-state index in [-0.39, 0.29) is 5.92 Å². The first-order chi connectivity index (χ1) is 13.3. The largest absolute Gasteiger partial charge is 0.448 e. The molecule has 0 aliphatic carbocycles. The maximum absolute atomic E-state index is 12.6. The van der Waals surface area contributed by atoms with E-state index in [1.807, 2.05) is 42.6 Å². The maximum atomic E-state index is 12.6. The monoisotopic (exact) mass is 400 g/mol. The van der Waals surface area contributed by atoms with Gasteiger partial charge in [-0.15, -0.1) is 11.3 Å². The highest BCUT2D eigenvalue weighted by Gasteiger charge is 2.29. The van der Waals surface area contributed by atoms with E-state index in [1.165, 1.54) is 11.3 Å². The summed E-state index contributed by atoms with van der Waals surface area (Å²) in [6, 6.07) is 10.3. The van der Waals surface area contributed by atoms with Crippen molar-refractivity contribution in [2.24, 2.45) is 11.7 Å². The van der Waals surface area contributed by atoms with Crippen LogP contribution in [0, 0.1) is 12.8 Å². The van der Waals surface area contributed by atoms with Crippen LogP contribution >= 0.6 is 11.3 Å². The number of aryl methyl sites for hydroxylation is 1. The van der Waals surface area contributed by atoms with Crippen LogP contribution in [0.5, 0.6) is 0 Å². The van der Waals surface area contributed by atoms with Crippen LogP contribution in [0.4, 0.5) is 4.79 Å². The number of esters is 1. The minimum absolute atomic E-state index is 0.334. The molecule has 3 rings (SSSR count). The number of primary amides is 1. The zero-order chi connectivity index (χ0) is 20.4. The maximum Gasteiger partial charge on any atom is 0.349 e. The summed E-state index contributed by atoms with van der Waals surface area (Å²) in [6.45, 7) is 5.28. The van der Waals surface area contributed by atoms with Crippen molar-refractivity contribution in [3.8, 4) is 5.69 Å². The second-order valence-corrected chi connectivity index (χ2v) is 7.62. The number of carbonyl (C=O) groups excluding carboxylic acids is 3. The number of carbonyl (C=O) groups is 3. The summed E-state index contributed by atoms with van der Waals surface area (Å²) in [6.07, 6.45) is -1.13. The van der Waals surface area contributed by atoms with Crippen molar-refractivity contribution in [1.82, 2.24) is 15.1 Å². The van der Waals surface area contributed by atoms with Gasteiger partial charge in [0.25, 0.3) is 5.91 Å². The molecule has 0 saturated heterocycles. The van der Waals surface area contributed by atoms with Crippen molar-refractivity contribution in [3.05, 3.63) is 47.0 Å². The van der Waals surface area contributed by atoms with Crippen molar-refractivity contribution in [1.29, 1.82) is 0 Å². The smallest absolute Gasteiger partial charge is 0.349 e. The van der Waals surface area contributed by atoms with Crippen LogP contribution in [-0.2, 0) is 9.53 Å². The van der Waals surface area contributed by atoms with E-state index in [0.29, 0.717) is 4.88 Å². The average Bonchev–Trinajstić information content (AvgIpc) is 3.20. The molecule has 8 nitrogen and oxygen atoms in total. The number of rotatable bonds is 5. The molecule has 1 aromatic carbocycles. The number of nitrogens with two attached hydrogens (primary N) is 1. The molecule has 0 radical (unpaired) electrons.